The Morgan fingerprint density at radius 2 is 1.69 bits per heavy atom. The lowest BCUT2D eigenvalue weighted by Gasteiger charge is -2.35. The molecule has 4 nitrogen and oxygen atoms in total. The molecule has 0 saturated carbocycles. The topological polar surface area (TPSA) is 54.1 Å². The number of benzene rings is 3. The number of fused-ring (bicyclic) bond motifs is 5. The van der Waals surface area contributed by atoms with Gasteiger partial charge >= 0.3 is 0 Å². The second kappa shape index (κ2) is 11.7. The second-order valence-corrected chi connectivity index (χ2v) is 14.0. The number of anilines is 2. The molecule has 6 atom stereocenters. The van der Waals surface area contributed by atoms with Crippen LogP contribution in [-0.4, -0.2) is 12.1 Å². The van der Waals surface area contributed by atoms with Crippen LogP contribution in [0.25, 0.3) is 5.57 Å². The quantitative estimate of drug-likeness (QED) is 0.272. The minimum atomic E-state index is -0.0582. The van der Waals surface area contributed by atoms with E-state index in [0.29, 0.717) is 12.0 Å². The van der Waals surface area contributed by atoms with Crippen molar-refractivity contribution in [1.82, 2.24) is 0 Å². The summed E-state index contributed by atoms with van der Waals surface area (Å²) in [5, 5.41) is 20.4. The third-order valence-electron chi connectivity index (χ3n) is 11.5. The predicted octanol–water partition coefficient (Wildman–Crippen LogP) is 9.84. The molecule has 0 N–H and O–H groups in total. The van der Waals surface area contributed by atoms with Gasteiger partial charge in [-0.1, -0.05) is 91.1 Å². The van der Waals surface area contributed by atoms with E-state index in [1.807, 2.05) is 0 Å². The molecule has 2 aliphatic heterocycles. The molecule has 2 heterocycles. The average Bonchev–Trinajstić information content (AvgIpc) is 3.67. The summed E-state index contributed by atoms with van der Waals surface area (Å²) in [6.45, 7) is 0. The van der Waals surface area contributed by atoms with Gasteiger partial charge in [0.25, 0.3) is 0 Å². The van der Waals surface area contributed by atoms with E-state index < -0.39 is 0 Å². The summed E-state index contributed by atoms with van der Waals surface area (Å²) in [4.78, 5) is 4.99. The summed E-state index contributed by atoms with van der Waals surface area (Å²) >= 11 is 0. The molecule has 0 spiro atoms. The molecule has 6 aliphatic rings. The van der Waals surface area contributed by atoms with E-state index in [2.05, 4.69) is 143 Å². The van der Waals surface area contributed by atoms with Gasteiger partial charge in [0, 0.05) is 40.9 Å². The van der Waals surface area contributed by atoms with Gasteiger partial charge in [0.1, 0.15) is 6.07 Å². The normalized spacial score (nSPS) is 28.1. The van der Waals surface area contributed by atoms with Gasteiger partial charge in [-0.2, -0.15) is 10.5 Å². The Balaban J connectivity index is 1.14. The molecule has 4 unspecified atom stereocenters. The fourth-order valence-electron chi connectivity index (χ4n) is 9.31. The summed E-state index contributed by atoms with van der Waals surface area (Å²) in [6.07, 6.45) is 24.6. The van der Waals surface area contributed by atoms with Gasteiger partial charge in [0.15, 0.2) is 0 Å². The van der Waals surface area contributed by atoms with E-state index in [1.165, 1.54) is 39.4 Å². The van der Waals surface area contributed by atoms with Crippen molar-refractivity contribution >= 4 is 16.9 Å². The van der Waals surface area contributed by atoms with Gasteiger partial charge in [0.2, 0.25) is 0 Å². The van der Waals surface area contributed by atoms with Gasteiger partial charge in [0.05, 0.1) is 29.3 Å². The Labute approximate surface area is 283 Å². The van der Waals surface area contributed by atoms with Crippen LogP contribution >= 0.6 is 0 Å². The van der Waals surface area contributed by atoms with Gasteiger partial charge < -0.3 is 9.80 Å². The Morgan fingerprint density at radius 1 is 0.812 bits per heavy atom. The van der Waals surface area contributed by atoms with E-state index in [0.717, 1.165) is 55.3 Å². The standard InChI is InChI=1S/C44H38N4/c45-27-29-18-20-44-39(22-29)38-14-6-7-15-41(38)47(44)35-25-32(30-10-2-1-3-11-30)24-33(26-35)31-19-21-40(34(23-31)28-46)48-42-16-8-4-12-36(42)37-13-5-9-17-43(37)48/h1-4,6-7,9-12,14-15,17-21,23,25-26,29,32,36,39,42,44H,5,8,13,16,22,24H2/t29-,32-,36?,39?,42?,44?/m0/s1. The largest absolute Gasteiger partial charge is 0.336 e. The number of allylic oxidation sites excluding steroid dienone is 7. The first kappa shape index (κ1) is 28.9. The lowest BCUT2D eigenvalue weighted by molar-refractivity contribution is 0.516. The molecular weight excluding hydrogens is 585 g/mol. The van der Waals surface area contributed by atoms with E-state index in [-0.39, 0.29) is 23.8 Å². The third-order valence-corrected chi connectivity index (χ3v) is 11.5. The summed E-state index contributed by atoms with van der Waals surface area (Å²) in [5.41, 5.74) is 12.0. The highest BCUT2D eigenvalue weighted by molar-refractivity contribution is 5.80. The molecule has 3 aromatic rings. The van der Waals surface area contributed by atoms with Crippen LogP contribution in [0.1, 0.15) is 72.6 Å². The first-order valence-electron chi connectivity index (χ1n) is 17.6. The van der Waals surface area contributed by atoms with Crippen molar-refractivity contribution < 1.29 is 0 Å². The van der Waals surface area contributed by atoms with E-state index >= 15 is 0 Å². The molecule has 234 valence electrons. The van der Waals surface area contributed by atoms with Crippen molar-refractivity contribution in [3.63, 3.8) is 0 Å². The SMILES string of the molecule is N#Cc1cc(C2=CC(N3c4ccccc4C4C[C@@H](C#N)C=CC43)=C[C@@H](c3ccccc3)C2)ccc1N1C2=C(CCC=C2)C2C=CCCC21. The van der Waals surface area contributed by atoms with E-state index in [9.17, 15) is 10.5 Å². The van der Waals surface area contributed by atoms with Crippen LogP contribution in [0.15, 0.2) is 138 Å². The van der Waals surface area contributed by atoms with Crippen LogP contribution in [0.4, 0.5) is 11.4 Å². The number of rotatable bonds is 4. The smallest absolute Gasteiger partial charge is 0.101 e. The second-order valence-electron chi connectivity index (χ2n) is 14.0. The van der Waals surface area contributed by atoms with Crippen molar-refractivity contribution in [2.24, 2.45) is 11.8 Å². The first-order chi connectivity index (χ1) is 23.7. The Kier molecular flexibility index (Phi) is 7.05. The fraction of sp³-hybridized carbons (Fsp3) is 0.273. The number of hydrogen-bond acceptors (Lipinski definition) is 4. The van der Waals surface area contributed by atoms with Crippen LogP contribution in [0.5, 0.6) is 0 Å². The first-order valence-corrected chi connectivity index (χ1v) is 17.6. The van der Waals surface area contributed by atoms with E-state index in [1.54, 1.807) is 0 Å². The van der Waals surface area contributed by atoms with Crippen molar-refractivity contribution in [2.75, 3.05) is 9.80 Å². The molecule has 0 fully saturated rings. The Hall–Kier alpha value is -5.32. The minimum absolute atomic E-state index is 0.0582. The molecule has 0 bridgehead atoms. The highest BCUT2D eigenvalue weighted by Crippen LogP contribution is 2.51. The Morgan fingerprint density at radius 3 is 2.56 bits per heavy atom. The molecule has 0 amide bonds. The molecule has 0 saturated heterocycles. The van der Waals surface area contributed by atoms with Gasteiger partial charge in [-0.05, 0) is 96.7 Å². The van der Waals surface area contributed by atoms with Crippen LogP contribution in [0.2, 0.25) is 0 Å². The van der Waals surface area contributed by atoms with E-state index in [4.69, 9.17) is 0 Å². The molecular formula is C44H38N4. The summed E-state index contributed by atoms with van der Waals surface area (Å²) in [6, 6.07) is 31.8. The van der Waals surface area contributed by atoms with Gasteiger partial charge in [-0.3, -0.25) is 0 Å². The fourth-order valence-corrected chi connectivity index (χ4v) is 9.31. The monoisotopic (exact) mass is 622 g/mol. The van der Waals surface area contributed by atoms with Gasteiger partial charge in [-0.15, -0.1) is 0 Å². The third kappa shape index (κ3) is 4.63. The van der Waals surface area contributed by atoms with Crippen LogP contribution < -0.4 is 9.80 Å². The number of hydrogen-bond donors (Lipinski definition) is 0. The molecule has 9 rings (SSSR count). The molecule has 3 aromatic carbocycles. The highest BCUT2D eigenvalue weighted by atomic mass is 15.2. The van der Waals surface area contributed by atoms with Crippen molar-refractivity contribution in [3.8, 4) is 12.1 Å². The zero-order valence-corrected chi connectivity index (χ0v) is 27.0. The number of nitriles is 2. The lowest BCUT2D eigenvalue weighted by atomic mass is 9.81. The minimum Gasteiger partial charge on any atom is -0.336 e. The van der Waals surface area contributed by atoms with Crippen molar-refractivity contribution in [2.45, 2.75) is 62.4 Å². The molecule has 0 radical (unpaired) electrons. The maximum Gasteiger partial charge on any atom is 0.101 e. The molecule has 48 heavy (non-hydrogen) atoms. The van der Waals surface area contributed by atoms with Crippen LogP contribution in [-0.2, 0) is 0 Å². The van der Waals surface area contributed by atoms with Crippen LogP contribution in [0, 0.1) is 34.5 Å². The predicted molar refractivity (Wildman–Crippen MR) is 193 cm³/mol. The lowest BCUT2D eigenvalue weighted by Crippen LogP contribution is -2.35. The summed E-state index contributed by atoms with van der Waals surface area (Å²) < 4.78 is 0. The zero-order chi connectivity index (χ0) is 32.2. The van der Waals surface area contributed by atoms with Crippen LogP contribution in [0.3, 0.4) is 0 Å². The highest BCUT2D eigenvalue weighted by Gasteiger charge is 2.43. The maximum atomic E-state index is 10.6. The number of para-hydroxylation sites is 1. The maximum absolute atomic E-state index is 10.6. The van der Waals surface area contributed by atoms with Crippen molar-refractivity contribution in [1.29, 1.82) is 10.5 Å². The number of nitrogens with zero attached hydrogens (tertiary/aromatic N) is 4. The summed E-state index contributed by atoms with van der Waals surface area (Å²) in [5.74, 6) is 0.861. The average molecular weight is 623 g/mol. The molecule has 4 aliphatic carbocycles. The summed E-state index contributed by atoms with van der Waals surface area (Å²) in [7, 11) is 0. The Bertz CT molecular complexity index is 2060. The van der Waals surface area contributed by atoms with Gasteiger partial charge in [-0.25, -0.2) is 0 Å². The van der Waals surface area contributed by atoms with Crippen molar-refractivity contribution in [3.05, 3.63) is 161 Å². The zero-order valence-electron chi connectivity index (χ0n) is 27.0. The molecule has 0 aromatic heterocycles. The molecule has 4 heteroatoms.